The van der Waals surface area contributed by atoms with Gasteiger partial charge < -0.3 is 10.8 Å². The number of rotatable bonds is 3. The SMILES string of the molecule is Cc1cccc(C(O)C(N)CC(F)(F)F)c1. The summed E-state index contributed by atoms with van der Waals surface area (Å²) in [6, 6.07) is 5.33. The van der Waals surface area contributed by atoms with Gasteiger partial charge in [-0.1, -0.05) is 29.8 Å². The van der Waals surface area contributed by atoms with Crippen molar-refractivity contribution in [2.24, 2.45) is 5.73 Å². The molecule has 0 aliphatic heterocycles. The van der Waals surface area contributed by atoms with Gasteiger partial charge in [0.25, 0.3) is 0 Å². The minimum absolute atomic E-state index is 0.414. The maximum atomic E-state index is 12.1. The molecular weight excluding hydrogens is 219 g/mol. The normalized spacial score (nSPS) is 15.9. The monoisotopic (exact) mass is 233 g/mol. The van der Waals surface area contributed by atoms with E-state index in [9.17, 15) is 18.3 Å². The highest BCUT2D eigenvalue weighted by molar-refractivity contribution is 5.24. The molecule has 0 saturated carbocycles. The largest absolute Gasteiger partial charge is 0.390 e. The first kappa shape index (κ1) is 13.0. The van der Waals surface area contributed by atoms with Gasteiger partial charge in [-0.2, -0.15) is 13.2 Å². The molecule has 0 radical (unpaired) electrons. The Bertz CT molecular complexity index is 351. The molecule has 0 fully saturated rings. The fourth-order valence-corrected chi connectivity index (χ4v) is 1.48. The summed E-state index contributed by atoms with van der Waals surface area (Å²) in [5.74, 6) is 0. The molecule has 2 unspecified atom stereocenters. The Morgan fingerprint density at radius 3 is 2.50 bits per heavy atom. The molecule has 2 nitrogen and oxygen atoms in total. The van der Waals surface area contributed by atoms with E-state index in [1.54, 1.807) is 31.2 Å². The van der Waals surface area contributed by atoms with Crippen LogP contribution in [0.4, 0.5) is 13.2 Å². The second kappa shape index (κ2) is 4.84. The second-order valence-corrected chi connectivity index (χ2v) is 3.84. The maximum absolute atomic E-state index is 12.1. The molecule has 0 spiro atoms. The highest BCUT2D eigenvalue weighted by Gasteiger charge is 2.33. The summed E-state index contributed by atoms with van der Waals surface area (Å²) < 4.78 is 36.2. The zero-order valence-corrected chi connectivity index (χ0v) is 8.83. The third kappa shape index (κ3) is 3.83. The summed E-state index contributed by atoms with van der Waals surface area (Å²) in [7, 11) is 0. The fourth-order valence-electron chi connectivity index (χ4n) is 1.48. The van der Waals surface area contributed by atoms with Crippen LogP contribution in [-0.4, -0.2) is 17.3 Å². The Hall–Kier alpha value is -1.07. The van der Waals surface area contributed by atoms with Gasteiger partial charge in [0.15, 0.2) is 0 Å². The molecule has 2 atom stereocenters. The Balaban J connectivity index is 2.74. The molecular formula is C11H14F3NO. The molecule has 0 bridgehead atoms. The molecule has 5 heteroatoms. The first-order valence-electron chi connectivity index (χ1n) is 4.86. The van der Waals surface area contributed by atoms with Gasteiger partial charge in [0, 0.05) is 6.04 Å². The molecule has 16 heavy (non-hydrogen) atoms. The van der Waals surface area contributed by atoms with Gasteiger partial charge in [0.1, 0.15) is 0 Å². The Labute approximate surface area is 91.9 Å². The smallest absolute Gasteiger partial charge is 0.387 e. The average Bonchev–Trinajstić information content (AvgIpc) is 2.14. The lowest BCUT2D eigenvalue weighted by atomic mass is 9.99. The van der Waals surface area contributed by atoms with E-state index >= 15 is 0 Å². The predicted molar refractivity (Wildman–Crippen MR) is 54.8 cm³/mol. The van der Waals surface area contributed by atoms with Crippen LogP contribution in [-0.2, 0) is 0 Å². The number of aliphatic hydroxyl groups is 1. The van der Waals surface area contributed by atoms with E-state index in [0.717, 1.165) is 5.56 Å². The Kier molecular flexibility index (Phi) is 3.93. The molecule has 3 N–H and O–H groups in total. The van der Waals surface area contributed by atoms with Gasteiger partial charge >= 0.3 is 6.18 Å². The number of hydrogen-bond donors (Lipinski definition) is 2. The molecule has 1 aromatic carbocycles. The lowest BCUT2D eigenvalue weighted by Crippen LogP contribution is -2.33. The van der Waals surface area contributed by atoms with Crippen molar-refractivity contribution in [2.75, 3.05) is 0 Å². The van der Waals surface area contributed by atoms with Gasteiger partial charge in [-0.05, 0) is 12.5 Å². The molecule has 0 aliphatic carbocycles. The number of halogens is 3. The van der Waals surface area contributed by atoms with E-state index in [-0.39, 0.29) is 0 Å². The summed E-state index contributed by atoms with van der Waals surface area (Å²) in [5.41, 5.74) is 6.60. The summed E-state index contributed by atoms with van der Waals surface area (Å²) in [4.78, 5) is 0. The van der Waals surface area contributed by atoms with E-state index in [0.29, 0.717) is 5.56 Å². The lowest BCUT2D eigenvalue weighted by molar-refractivity contribution is -0.143. The summed E-state index contributed by atoms with van der Waals surface area (Å²) in [6.07, 6.45) is -6.84. The van der Waals surface area contributed by atoms with Crippen LogP contribution in [0.1, 0.15) is 23.7 Å². The van der Waals surface area contributed by atoms with Crippen molar-refractivity contribution >= 4 is 0 Å². The van der Waals surface area contributed by atoms with Gasteiger partial charge in [-0.15, -0.1) is 0 Å². The van der Waals surface area contributed by atoms with Crippen molar-refractivity contribution in [3.8, 4) is 0 Å². The second-order valence-electron chi connectivity index (χ2n) is 3.84. The van der Waals surface area contributed by atoms with Crippen LogP contribution in [0.2, 0.25) is 0 Å². The first-order chi connectivity index (χ1) is 7.29. The van der Waals surface area contributed by atoms with E-state index in [2.05, 4.69) is 0 Å². The molecule has 0 amide bonds. The van der Waals surface area contributed by atoms with Crippen molar-refractivity contribution in [2.45, 2.75) is 31.7 Å². The molecule has 90 valence electrons. The molecule has 0 saturated heterocycles. The molecule has 1 aromatic rings. The number of aryl methyl sites for hydroxylation is 1. The zero-order valence-electron chi connectivity index (χ0n) is 8.83. The van der Waals surface area contributed by atoms with Crippen molar-refractivity contribution in [3.63, 3.8) is 0 Å². The number of nitrogens with two attached hydrogens (primary N) is 1. The molecule has 0 heterocycles. The van der Waals surface area contributed by atoms with E-state index in [1.165, 1.54) is 0 Å². The van der Waals surface area contributed by atoms with Gasteiger partial charge in [-0.3, -0.25) is 0 Å². The van der Waals surface area contributed by atoms with Crippen molar-refractivity contribution in [3.05, 3.63) is 35.4 Å². The quantitative estimate of drug-likeness (QED) is 0.841. The van der Waals surface area contributed by atoms with Crippen LogP contribution in [0.5, 0.6) is 0 Å². The lowest BCUT2D eigenvalue weighted by Gasteiger charge is -2.20. The third-order valence-electron chi connectivity index (χ3n) is 2.26. The van der Waals surface area contributed by atoms with Gasteiger partial charge in [0.2, 0.25) is 0 Å². The van der Waals surface area contributed by atoms with E-state index in [1.807, 2.05) is 0 Å². The van der Waals surface area contributed by atoms with Crippen LogP contribution < -0.4 is 5.73 Å². The van der Waals surface area contributed by atoms with Crippen LogP contribution in [0, 0.1) is 6.92 Å². The standard InChI is InChI=1S/C11H14F3NO/c1-7-3-2-4-8(5-7)10(16)9(15)6-11(12,13)14/h2-5,9-10,16H,6,15H2,1H3. The van der Waals surface area contributed by atoms with Crippen molar-refractivity contribution < 1.29 is 18.3 Å². The van der Waals surface area contributed by atoms with Gasteiger partial charge in [0.05, 0.1) is 12.5 Å². The highest BCUT2D eigenvalue weighted by atomic mass is 19.4. The van der Waals surface area contributed by atoms with E-state index in [4.69, 9.17) is 5.73 Å². The fraction of sp³-hybridized carbons (Fsp3) is 0.455. The number of benzene rings is 1. The summed E-state index contributed by atoms with van der Waals surface area (Å²) >= 11 is 0. The van der Waals surface area contributed by atoms with E-state index < -0.39 is 24.7 Å². The summed E-state index contributed by atoms with van der Waals surface area (Å²) in [6.45, 7) is 1.80. The van der Waals surface area contributed by atoms with Gasteiger partial charge in [-0.25, -0.2) is 0 Å². The number of alkyl halides is 3. The predicted octanol–water partition coefficient (Wildman–Crippen LogP) is 2.31. The highest BCUT2D eigenvalue weighted by Crippen LogP contribution is 2.27. The number of aliphatic hydroxyl groups excluding tert-OH is 1. The minimum atomic E-state index is -4.36. The van der Waals surface area contributed by atoms with Crippen LogP contribution in [0.25, 0.3) is 0 Å². The maximum Gasteiger partial charge on any atom is 0.390 e. The minimum Gasteiger partial charge on any atom is -0.387 e. The molecule has 1 rings (SSSR count). The average molecular weight is 233 g/mol. The van der Waals surface area contributed by atoms with Crippen LogP contribution in [0.15, 0.2) is 24.3 Å². The molecule has 0 aromatic heterocycles. The molecule has 0 aliphatic rings. The number of hydrogen-bond acceptors (Lipinski definition) is 2. The van der Waals surface area contributed by atoms with Crippen molar-refractivity contribution in [1.29, 1.82) is 0 Å². The Morgan fingerprint density at radius 1 is 1.38 bits per heavy atom. The zero-order chi connectivity index (χ0) is 12.3. The Morgan fingerprint density at radius 2 is 2.00 bits per heavy atom. The summed E-state index contributed by atoms with van der Waals surface area (Å²) in [5, 5.41) is 9.65. The van der Waals surface area contributed by atoms with Crippen LogP contribution >= 0.6 is 0 Å². The van der Waals surface area contributed by atoms with Crippen molar-refractivity contribution in [1.82, 2.24) is 0 Å². The third-order valence-corrected chi connectivity index (χ3v) is 2.26. The van der Waals surface area contributed by atoms with Crippen LogP contribution in [0.3, 0.4) is 0 Å². The first-order valence-corrected chi connectivity index (χ1v) is 4.86. The topological polar surface area (TPSA) is 46.2 Å².